The topological polar surface area (TPSA) is 34.1 Å². The first kappa shape index (κ1) is 13.7. The van der Waals surface area contributed by atoms with Gasteiger partial charge in [0.2, 0.25) is 9.05 Å². The minimum atomic E-state index is -4.32. The summed E-state index contributed by atoms with van der Waals surface area (Å²) >= 11 is 2.28. The SMILES string of the molecule is O=S(=O)(Cl)Cc1c(F)c(F)c(Br)c(F)c1F. The highest BCUT2D eigenvalue weighted by molar-refractivity contribution is 9.10. The molecule has 2 nitrogen and oxygen atoms in total. The first-order chi connectivity index (χ1) is 7.15. The summed E-state index contributed by atoms with van der Waals surface area (Å²) in [7, 11) is 0.413. The Morgan fingerprint density at radius 1 is 1.00 bits per heavy atom. The molecule has 9 heteroatoms. The zero-order valence-corrected chi connectivity index (χ0v) is 10.4. The standard InChI is InChI=1S/C7H2BrClF4O2S/c8-3-6(12)4(10)2(1-16(9,14)15)5(11)7(3)13/h1H2. The van der Waals surface area contributed by atoms with Crippen molar-refractivity contribution in [3.8, 4) is 0 Å². The molecule has 0 fully saturated rings. The van der Waals surface area contributed by atoms with Gasteiger partial charge in [0, 0.05) is 16.2 Å². The highest BCUT2D eigenvalue weighted by Gasteiger charge is 2.26. The van der Waals surface area contributed by atoms with E-state index in [1.807, 2.05) is 0 Å². The fourth-order valence-corrected chi connectivity index (χ4v) is 2.22. The lowest BCUT2D eigenvalue weighted by Gasteiger charge is -2.06. The van der Waals surface area contributed by atoms with Gasteiger partial charge in [-0.3, -0.25) is 0 Å². The van der Waals surface area contributed by atoms with E-state index in [9.17, 15) is 26.0 Å². The van der Waals surface area contributed by atoms with Crippen molar-refractivity contribution in [2.45, 2.75) is 5.75 Å². The maximum atomic E-state index is 13.1. The fraction of sp³-hybridized carbons (Fsp3) is 0.143. The van der Waals surface area contributed by atoms with E-state index in [4.69, 9.17) is 10.7 Å². The Kier molecular flexibility index (Phi) is 3.86. The quantitative estimate of drug-likeness (QED) is 0.359. The molecule has 0 spiro atoms. The molecule has 0 aromatic heterocycles. The van der Waals surface area contributed by atoms with Crippen molar-refractivity contribution in [2.75, 3.05) is 0 Å². The predicted molar refractivity (Wildman–Crippen MR) is 52.5 cm³/mol. The van der Waals surface area contributed by atoms with Crippen LogP contribution in [0.3, 0.4) is 0 Å². The van der Waals surface area contributed by atoms with Crippen molar-refractivity contribution in [1.82, 2.24) is 0 Å². The van der Waals surface area contributed by atoms with Gasteiger partial charge in [-0.05, 0) is 15.9 Å². The molecule has 0 atom stereocenters. The normalized spacial score (nSPS) is 11.9. The van der Waals surface area contributed by atoms with Crippen LogP contribution < -0.4 is 0 Å². The van der Waals surface area contributed by atoms with Gasteiger partial charge < -0.3 is 0 Å². The molecule has 0 N–H and O–H groups in total. The number of benzene rings is 1. The molecule has 0 aliphatic heterocycles. The summed E-state index contributed by atoms with van der Waals surface area (Å²) in [5.41, 5.74) is -1.27. The smallest absolute Gasteiger partial charge is 0.212 e. The molecule has 0 heterocycles. The van der Waals surface area contributed by atoms with Gasteiger partial charge >= 0.3 is 0 Å². The molecule has 1 aromatic rings. The van der Waals surface area contributed by atoms with Gasteiger partial charge in [-0.1, -0.05) is 0 Å². The third-order valence-corrected chi connectivity index (χ3v) is 3.27. The Morgan fingerprint density at radius 2 is 1.38 bits per heavy atom. The van der Waals surface area contributed by atoms with Gasteiger partial charge in [0.1, 0.15) is 0 Å². The molecule has 0 unspecified atom stereocenters. The molecule has 0 radical (unpaired) electrons. The van der Waals surface area contributed by atoms with E-state index in [0.29, 0.717) is 0 Å². The molecule has 0 aliphatic carbocycles. The maximum Gasteiger partial charge on any atom is 0.236 e. The summed E-state index contributed by atoms with van der Waals surface area (Å²) in [5, 5.41) is 0. The second-order valence-corrected chi connectivity index (χ2v) is 6.30. The van der Waals surface area contributed by atoms with Crippen LogP contribution in [0.25, 0.3) is 0 Å². The highest BCUT2D eigenvalue weighted by Crippen LogP contribution is 2.29. The highest BCUT2D eigenvalue weighted by atomic mass is 79.9. The van der Waals surface area contributed by atoms with Crippen LogP contribution in [0.5, 0.6) is 0 Å². The van der Waals surface area contributed by atoms with E-state index in [1.54, 1.807) is 0 Å². The van der Waals surface area contributed by atoms with Gasteiger partial charge in [0.15, 0.2) is 23.3 Å². The summed E-state index contributed by atoms with van der Waals surface area (Å²) in [6.07, 6.45) is 0. The lowest BCUT2D eigenvalue weighted by Crippen LogP contribution is -2.07. The fourth-order valence-electron chi connectivity index (χ4n) is 0.949. The summed E-state index contributed by atoms with van der Waals surface area (Å²) in [6.45, 7) is 0. The molecule has 0 bridgehead atoms. The van der Waals surface area contributed by atoms with Crippen LogP contribution in [0.1, 0.15) is 5.56 Å². The largest absolute Gasteiger partial charge is 0.236 e. The maximum absolute atomic E-state index is 13.1. The van der Waals surface area contributed by atoms with Crippen LogP contribution in [0.4, 0.5) is 17.6 Å². The summed E-state index contributed by atoms with van der Waals surface area (Å²) in [5.74, 6) is -8.36. The Morgan fingerprint density at radius 3 is 1.69 bits per heavy atom. The Hall–Kier alpha value is -0.340. The van der Waals surface area contributed by atoms with Crippen LogP contribution in [-0.4, -0.2) is 8.42 Å². The second-order valence-electron chi connectivity index (χ2n) is 2.73. The van der Waals surface area contributed by atoms with Gasteiger partial charge in [0.25, 0.3) is 0 Å². The third kappa shape index (κ3) is 2.67. The average Bonchev–Trinajstić information content (AvgIpc) is 2.17. The van der Waals surface area contributed by atoms with E-state index in [0.717, 1.165) is 0 Å². The molecule has 0 saturated carbocycles. The van der Waals surface area contributed by atoms with Crippen LogP contribution in [0.15, 0.2) is 4.47 Å². The predicted octanol–water partition coefficient (Wildman–Crippen LogP) is 3.07. The van der Waals surface area contributed by atoms with Crippen molar-refractivity contribution < 1.29 is 26.0 Å². The minimum absolute atomic E-state index is 1.04. The van der Waals surface area contributed by atoms with E-state index in [-0.39, 0.29) is 0 Å². The molecule has 1 aromatic carbocycles. The first-order valence-corrected chi connectivity index (χ1v) is 6.85. The van der Waals surface area contributed by atoms with Crippen molar-refractivity contribution in [3.63, 3.8) is 0 Å². The third-order valence-electron chi connectivity index (χ3n) is 1.62. The lowest BCUT2D eigenvalue weighted by atomic mass is 10.2. The van der Waals surface area contributed by atoms with E-state index in [2.05, 4.69) is 15.9 Å². The molecule has 90 valence electrons. The molecule has 1 rings (SSSR count). The Balaban J connectivity index is 3.52. The van der Waals surface area contributed by atoms with E-state index >= 15 is 0 Å². The van der Waals surface area contributed by atoms with Crippen LogP contribution in [-0.2, 0) is 14.8 Å². The molecule has 16 heavy (non-hydrogen) atoms. The number of halogens is 6. The second kappa shape index (κ2) is 4.50. The first-order valence-electron chi connectivity index (χ1n) is 3.57. The van der Waals surface area contributed by atoms with Crippen LogP contribution >= 0.6 is 26.6 Å². The minimum Gasteiger partial charge on any atom is -0.212 e. The van der Waals surface area contributed by atoms with Gasteiger partial charge in [-0.25, -0.2) is 26.0 Å². The molecule has 0 aliphatic rings. The zero-order valence-electron chi connectivity index (χ0n) is 7.20. The number of hydrogen-bond acceptors (Lipinski definition) is 2. The summed E-state index contributed by atoms with van der Waals surface area (Å²) in [6, 6.07) is 0. The number of rotatable bonds is 2. The monoisotopic (exact) mass is 340 g/mol. The molecule has 0 saturated heterocycles. The van der Waals surface area contributed by atoms with Crippen LogP contribution in [0, 0.1) is 23.3 Å². The number of hydrogen-bond donors (Lipinski definition) is 0. The molecular formula is C7H2BrClF4O2S. The zero-order chi connectivity index (χ0) is 12.7. The van der Waals surface area contributed by atoms with Crippen molar-refractivity contribution in [2.24, 2.45) is 0 Å². The van der Waals surface area contributed by atoms with Gasteiger partial charge in [-0.15, -0.1) is 0 Å². The molecular weight excluding hydrogens is 339 g/mol. The van der Waals surface area contributed by atoms with Crippen LogP contribution in [0.2, 0.25) is 0 Å². The van der Waals surface area contributed by atoms with Gasteiger partial charge in [0.05, 0.1) is 10.2 Å². The average molecular weight is 342 g/mol. The van der Waals surface area contributed by atoms with Gasteiger partial charge in [-0.2, -0.15) is 0 Å². The van der Waals surface area contributed by atoms with Crippen molar-refractivity contribution in [3.05, 3.63) is 33.3 Å². The molecule has 0 amide bonds. The van der Waals surface area contributed by atoms with E-state index in [1.165, 1.54) is 0 Å². The van der Waals surface area contributed by atoms with Crippen molar-refractivity contribution in [1.29, 1.82) is 0 Å². The summed E-state index contributed by atoms with van der Waals surface area (Å²) in [4.78, 5) is 0. The summed E-state index contributed by atoms with van der Waals surface area (Å²) < 4.78 is 72.2. The Labute approximate surface area is 101 Å². The Bertz CT molecular complexity index is 517. The van der Waals surface area contributed by atoms with Crippen molar-refractivity contribution >= 4 is 35.7 Å². The van der Waals surface area contributed by atoms with E-state index < -0.39 is 48.1 Å². The lowest BCUT2D eigenvalue weighted by molar-refractivity contribution is 0.436.